The van der Waals surface area contributed by atoms with E-state index >= 15 is 0 Å². The van der Waals surface area contributed by atoms with Crippen LogP contribution in [0.25, 0.3) is 111 Å². The summed E-state index contributed by atoms with van der Waals surface area (Å²) in [6.07, 6.45) is 6.73. The Morgan fingerprint density at radius 3 is 1.30 bits per heavy atom. The van der Waals surface area contributed by atoms with Crippen LogP contribution in [0.4, 0.5) is 28.4 Å². The summed E-state index contributed by atoms with van der Waals surface area (Å²) in [5.41, 5.74) is 28.2. The van der Waals surface area contributed by atoms with Gasteiger partial charge in [0, 0.05) is 44.4 Å². The number of para-hydroxylation sites is 2. The first-order chi connectivity index (χ1) is 47.8. The van der Waals surface area contributed by atoms with Crippen LogP contribution in [0.3, 0.4) is 0 Å². The average molecular weight is 1260 g/mol. The van der Waals surface area contributed by atoms with Gasteiger partial charge < -0.3 is 18.6 Å². The normalized spacial score (nSPS) is 13.2. The molecule has 2 aliphatic carbocycles. The van der Waals surface area contributed by atoms with E-state index in [1.807, 2.05) is 0 Å². The van der Waals surface area contributed by atoms with Gasteiger partial charge in [0.15, 0.2) is 0 Å². The molecule has 15 aromatic rings. The van der Waals surface area contributed by atoms with E-state index in [1.165, 1.54) is 27.8 Å². The van der Waals surface area contributed by atoms with Gasteiger partial charge in [0.05, 0.1) is 38.9 Å². The van der Waals surface area contributed by atoms with Crippen LogP contribution in [0.1, 0.15) is 76.3 Å². The molecular formula is C94H74N2O2. The molecule has 13 aromatic carbocycles. The van der Waals surface area contributed by atoms with Gasteiger partial charge in [-0.05, 0) is 162 Å². The van der Waals surface area contributed by atoms with Gasteiger partial charge in [-0.15, -0.1) is 0 Å². The van der Waals surface area contributed by atoms with E-state index in [4.69, 9.17) is 8.83 Å². The van der Waals surface area contributed by atoms with Crippen LogP contribution in [0, 0.1) is 5.41 Å². The molecular weight excluding hydrogens is 1190 g/mol. The fraction of sp³-hybridized carbons (Fsp3) is 0.106. The molecule has 1 spiro atoms. The highest BCUT2D eigenvalue weighted by Crippen LogP contribution is 2.68. The smallest absolute Gasteiger partial charge is 0.145 e. The van der Waals surface area contributed by atoms with Crippen LogP contribution in [0.5, 0.6) is 0 Å². The highest BCUT2D eigenvalue weighted by Gasteiger charge is 2.55. The fourth-order valence-corrected chi connectivity index (χ4v) is 15.6. The zero-order valence-corrected chi connectivity index (χ0v) is 56.4. The number of fused-ring (bicyclic) bond motifs is 18. The summed E-state index contributed by atoms with van der Waals surface area (Å²) < 4.78 is 15.5. The second kappa shape index (κ2) is 23.3. The van der Waals surface area contributed by atoms with Gasteiger partial charge in [0.2, 0.25) is 0 Å². The van der Waals surface area contributed by atoms with Crippen molar-refractivity contribution in [1.29, 1.82) is 0 Å². The summed E-state index contributed by atoms with van der Waals surface area (Å²) in [6, 6.07) is 107. The van der Waals surface area contributed by atoms with Crippen LogP contribution in [-0.4, -0.2) is 0 Å². The lowest BCUT2D eigenvalue weighted by atomic mass is 9.70. The number of allylic oxidation sites excluding steroid dienone is 4. The van der Waals surface area contributed by atoms with Crippen LogP contribution in [-0.2, 0) is 10.8 Å². The third kappa shape index (κ3) is 9.56. The van der Waals surface area contributed by atoms with Crippen molar-refractivity contribution in [2.45, 2.75) is 59.3 Å². The van der Waals surface area contributed by atoms with E-state index in [0.717, 1.165) is 150 Å². The number of hydrogen-bond acceptors (Lipinski definition) is 4. The molecule has 4 heteroatoms. The predicted molar refractivity (Wildman–Crippen MR) is 412 cm³/mol. The maximum atomic E-state index is 7.77. The Morgan fingerprint density at radius 1 is 0.378 bits per heavy atom. The first-order valence-corrected chi connectivity index (χ1v) is 34.2. The first-order valence-electron chi connectivity index (χ1n) is 34.2. The fourth-order valence-electron chi connectivity index (χ4n) is 15.6. The quantitative estimate of drug-likeness (QED) is 0.114. The van der Waals surface area contributed by atoms with Crippen molar-refractivity contribution in [1.82, 2.24) is 0 Å². The number of furan rings is 2. The lowest BCUT2D eigenvalue weighted by molar-refractivity contribution is 0.519. The molecule has 0 unspecified atom stereocenters. The van der Waals surface area contributed by atoms with E-state index in [0.29, 0.717) is 0 Å². The van der Waals surface area contributed by atoms with Gasteiger partial charge in [-0.2, -0.15) is 0 Å². The Labute approximate surface area is 574 Å². The average Bonchev–Trinajstić information content (AvgIpc) is 1.49. The molecule has 0 radical (unpaired) electrons. The van der Waals surface area contributed by atoms with Gasteiger partial charge in [0.1, 0.15) is 22.3 Å². The van der Waals surface area contributed by atoms with Crippen molar-refractivity contribution in [2.75, 3.05) is 9.80 Å². The van der Waals surface area contributed by atoms with Gasteiger partial charge in [-0.25, -0.2) is 0 Å². The largest absolute Gasteiger partial charge is 0.455 e. The molecule has 0 atom stereocenters. The van der Waals surface area contributed by atoms with Crippen molar-refractivity contribution in [2.24, 2.45) is 5.41 Å². The second-order valence-corrected chi connectivity index (χ2v) is 28.3. The minimum absolute atomic E-state index is 0.0883. The minimum atomic E-state index is -0.944. The third-order valence-corrected chi connectivity index (χ3v) is 20.6. The molecule has 17 rings (SSSR count). The number of rotatable bonds is 12. The molecule has 0 bridgehead atoms. The van der Waals surface area contributed by atoms with Crippen molar-refractivity contribution in [3.05, 3.63) is 355 Å². The zero-order chi connectivity index (χ0) is 66.6. The lowest BCUT2D eigenvalue weighted by Gasteiger charge is -2.34. The van der Waals surface area contributed by atoms with Crippen molar-refractivity contribution in [3.8, 4) is 66.8 Å². The molecule has 4 nitrogen and oxygen atoms in total. The van der Waals surface area contributed by atoms with Crippen molar-refractivity contribution in [3.63, 3.8) is 0 Å². The molecule has 2 aromatic heterocycles. The topological polar surface area (TPSA) is 32.8 Å². The minimum Gasteiger partial charge on any atom is -0.455 e. The molecule has 0 N–H and O–H groups in total. The highest BCUT2D eigenvalue weighted by molar-refractivity contribution is 6.25. The van der Waals surface area contributed by atoms with Gasteiger partial charge in [-0.1, -0.05) is 291 Å². The van der Waals surface area contributed by atoms with E-state index in [2.05, 4.69) is 374 Å². The summed E-state index contributed by atoms with van der Waals surface area (Å²) >= 11 is 0. The molecule has 0 aliphatic heterocycles. The summed E-state index contributed by atoms with van der Waals surface area (Å²) in [7, 11) is 0. The SMILES string of the molecule is C=C(/C=C\C(=C/C)N(c1ccc(-c2ccccc2)cc1-c1ccccc1)c1cc2c(c3oc4ccccc4c13)-c1c(cc(N(c3ccc(C(C)(C)C)cc3)c3ccc(-c4ccccc4)cc3-c3ccccc3)c3c1oc1ccccc13)C21c2ccccc2-c2ccccc21)C(C)(C)C. The number of anilines is 5. The van der Waals surface area contributed by atoms with Crippen LogP contribution in [0.15, 0.2) is 336 Å². The maximum Gasteiger partial charge on any atom is 0.145 e. The van der Waals surface area contributed by atoms with Crippen molar-refractivity contribution < 1.29 is 8.83 Å². The molecule has 0 amide bonds. The number of hydrogen-bond donors (Lipinski definition) is 0. The Hall–Kier alpha value is -11.7. The second-order valence-electron chi connectivity index (χ2n) is 28.3. The summed E-state index contributed by atoms with van der Waals surface area (Å²) in [6.45, 7) is 20.4. The monoisotopic (exact) mass is 1260 g/mol. The van der Waals surface area contributed by atoms with E-state index in [9.17, 15) is 0 Å². The van der Waals surface area contributed by atoms with E-state index in [-0.39, 0.29) is 10.8 Å². The van der Waals surface area contributed by atoms with Crippen LogP contribution in [0.2, 0.25) is 0 Å². The van der Waals surface area contributed by atoms with E-state index in [1.54, 1.807) is 0 Å². The molecule has 0 saturated heterocycles. The Morgan fingerprint density at radius 2 is 0.806 bits per heavy atom. The first kappa shape index (κ1) is 60.0. The lowest BCUT2D eigenvalue weighted by Crippen LogP contribution is -2.27. The Kier molecular flexibility index (Phi) is 14.3. The summed E-state index contributed by atoms with van der Waals surface area (Å²) in [4.78, 5) is 5.04. The van der Waals surface area contributed by atoms with E-state index < -0.39 is 5.41 Å². The Balaban J connectivity index is 1.04. The third-order valence-electron chi connectivity index (χ3n) is 20.6. The molecule has 0 saturated carbocycles. The van der Waals surface area contributed by atoms with Crippen LogP contribution >= 0.6 is 0 Å². The molecule has 0 fully saturated rings. The van der Waals surface area contributed by atoms with Crippen LogP contribution < -0.4 is 9.80 Å². The standard InChI is InChI=1S/C94H74N2O2/c1-9-68(51-46-60(2)92(3,4)5)95(80-54-47-65(61-30-14-10-15-31-61)56-74(80)63-34-18-12-19-35-63)82-58-78-88(90-86(82)72-40-24-28-44-84(72)97-90)89-79(94(78)76-42-26-22-38-70(76)71-39-23-27-43-77(71)94)59-83(87-73-41-25-29-45-85(73)98-91(87)89)96(69-52-49-67(50-53-69)93(6,7)8)81-55-48-66(62-32-16-11-17-33-62)57-75(81)64-36-20-13-21-37-64/h9-59H,2H2,1,3-8H3/b51-46-,68-9+. The summed E-state index contributed by atoms with van der Waals surface area (Å²) in [5, 5.41) is 4.03. The maximum absolute atomic E-state index is 7.77. The predicted octanol–water partition coefficient (Wildman–Crippen LogP) is 26.5. The summed E-state index contributed by atoms with van der Waals surface area (Å²) in [5.74, 6) is 0. The van der Waals surface area contributed by atoms with Crippen molar-refractivity contribution >= 4 is 72.3 Å². The molecule has 472 valence electrons. The van der Waals surface area contributed by atoms with Gasteiger partial charge >= 0.3 is 0 Å². The number of benzene rings is 13. The van der Waals surface area contributed by atoms with Gasteiger partial charge in [-0.3, -0.25) is 0 Å². The zero-order valence-electron chi connectivity index (χ0n) is 56.4. The van der Waals surface area contributed by atoms with Gasteiger partial charge in [0.25, 0.3) is 0 Å². The number of nitrogens with zero attached hydrogens (tertiary/aromatic N) is 2. The molecule has 2 heterocycles. The molecule has 98 heavy (non-hydrogen) atoms. The Bertz CT molecular complexity index is 5670. The molecule has 2 aliphatic rings. The highest BCUT2D eigenvalue weighted by atomic mass is 16.3.